The third-order valence-electron chi connectivity index (χ3n) is 4.07. The number of aliphatic hydroxyl groups is 1. The van der Waals surface area contributed by atoms with Gasteiger partial charge in [0.15, 0.2) is 5.78 Å². The molecular weight excluding hydrogens is 256 g/mol. The highest BCUT2D eigenvalue weighted by molar-refractivity contribution is 5.96. The van der Waals surface area contributed by atoms with Crippen molar-refractivity contribution >= 4 is 17.5 Å². The molecule has 1 aliphatic heterocycles. The Morgan fingerprint density at radius 3 is 2.65 bits per heavy atom. The lowest BCUT2D eigenvalue weighted by Crippen LogP contribution is -2.65. The van der Waals surface area contributed by atoms with E-state index in [0.29, 0.717) is 30.3 Å². The molecule has 1 aromatic rings. The topological polar surface area (TPSA) is 69.6 Å². The molecule has 106 valence electrons. The number of Topliss-reactive ketones (excluding diaryl/α,β-unsaturated/α-hetero) is 1. The fourth-order valence-corrected chi connectivity index (χ4v) is 2.66. The Kier molecular flexibility index (Phi) is 3.01. The minimum atomic E-state index is -0.668. The summed E-state index contributed by atoms with van der Waals surface area (Å²) in [4.78, 5) is 24.9. The van der Waals surface area contributed by atoms with Crippen molar-refractivity contribution in [3.8, 4) is 0 Å². The van der Waals surface area contributed by atoms with Gasteiger partial charge in [-0.15, -0.1) is 0 Å². The number of carbonyl (C=O) groups is 2. The van der Waals surface area contributed by atoms with Crippen LogP contribution >= 0.6 is 0 Å². The van der Waals surface area contributed by atoms with E-state index in [1.807, 2.05) is 0 Å². The first-order valence-electron chi connectivity index (χ1n) is 6.87. The van der Waals surface area contributed by atoms with Crippen LogP contribution < -0.4 is 5.32 Å². The number of nitrogens with one attached hydrogen (secondary N) is 1. The van der Waals surface area contributed by atoms with Crippen molar-refractivity contribution in [3.63, 3.8) is 0 Å². The molecule has 20 heavy (non-hydrogen) atoms. The Morgan fingerprint density at radius 2 is 2.05 bits per heavy atom. The van der Waals surface area contributed by atoms with E-state index in [2.05, 4.69) is 5.32 Å². The molecule has 5 nitrogen and oxygen atoms in total. The lowest BCUT2D eigenvalue weighted by Gasteiger charge is -2.46. The third-order valence-corrected chi connectivity index (χ3v) is 4.07. The number of hydrogen-bond donors (Lipinski definition) is 2. The molecule has 0 spiro atoms. The standard InChI is InChI=1S/C15H18N2O3/c1-10(18)11-3-2-4-13(7-11)16-14(19)17-8-15(20,9-17)12-5-6-12/h2-4,7,12,20H,5-6,8-9H2,1H3,(H,16,19). The molecule has 2 amide bonds. The van der Waals surface area contributed by atoms with Gasteiger partial charge in [0.2, 0.25) is 0 Å². The van der Waals surface area contributed by atoms with Gasteiger partial charge in [0.1, 0.15) is 5.60 Å². The smallest absolute Gasteiger partial charge is 0.322 e. The zero-order chi connectivity index (χ0) is 14.3. The van der Waals surface area contributed by atoms with Crippen molar-refractivity contribution in [1.29, 1.82) is 0 Å². The third kappa shape index (κ3) is 2.41. The molecule has 1 saturated carbocycles. The Balaban J connectivity index is 1.59. The van der Waals surface area contributed by atoms with Crippen LogP contribution in [-0.4, -0.2) is 40.5 Å². The Morgan fingerprint density at radius 1 is 1.35 bits per heavy atom. The predicted molar refractivity (Wildman–Crippen MR) is 74.7 cm³/mol. The second-order valence-electron chi connectivity index (χ2n) is 5.80. The molecule has 2 aliphatic rings. The first-order valence-corrected chi connectivity index (χ1v) is 6.87. The second-order valence-corrected chi connectivity index (χ2v) is 5.80. The predicted octanol–water partition coefficient (Wildman–Crippen LogP) is 1.88. The Bertz CT molecular complexity index is 560. The van der Waals surface area contributed by atoms with E-state index in [9.17, 15) is 14.7 Å². The lowest BCUT2D eigenvalue weighted by atomic mass is 9.89. The minimum absolute atomic E-state index is 0.0341. The lowest BCUT2D eigenvalue weighted by molar-refractivity contribution is -0.0897. The maximum Gasteiger partial charge on any atom is 0.322 e. The largest absolute Gasteiger partial charge is 0.386 e. The van der Waals surface area contributed by atoms with Crippen molar-refractivity contribution in [1.82, 2.24) is 4.90 Å². The number of urea groups is 1. The molecule has 2 N–H and O–H groups in total. The zero-order valence-electron chi connectivity index (χ0n) is 11.4. The van der Waals surface area contributed by atoms with Crippen LogP contribution in [0.4, 0.5) is 10.5 Å². The number of β-amino-alcohol motifs (C(OH)–C–C–N with tert-alkyl or cyclic N) is 1. The number of hydrogen-bond acceptors (Lipinski definition) is 3. The van der Waals surface area contributed by atoms with Gasteiger partial charge in [-0.05, 0) is 37.8 Å². The fraction of sp³-hybridized carbons (Fsp3) is 0.467. The molecular formula is C15H18N2O3. The van der Waals surface area contributed by atoms with Crippen molar-refractivity contribution in [2.75, 3.05) is 18.4 Å². The second kappa shape index (κ2) is 4.59. The molecule has 3 rings (SSSR count). The molecule has 2 fully saturated rings. The highest BCUT2D eigenvalue weighted by atomic mass is 16.3. The quantitative estimate of drug-likeness (QED) is 0.827. The highest BCUT2D eigenvalue weighted by Gasteiger charge is 2.53. The number of ketones is 1. The molecule has 1 saturated heterocycles. The summed E-state index contributed by atoms with van der Waals surface area (Å²) in [6.07, 6.45) is 2.12. The van der Waals surface area contributed by atoms with Crippen LogP contribution in [0.15, 0.2) is 24.3 Å². The van der Waals surface area contributed by atoms with Crippen LogP contribution in [0.3, 0.4) is 0 Å². The molecule has 1 heterocycles. The van der Waals surface area contributed by atoms with Gasteiger partial charge in [-0.3, -0.25) is 4.79 Å². The number of nitrogens with zero attached hydrogens (tertiary/aromatic N) is 1. The number of likely N-dealkylation sites (tertiary alicyclic amines) is 1. The molecule has 0 unspecified atom stereocenters. The van der Waals surface area contributed by atoms with Crippen molar-refractivity contribution in [2.45, 2.75) is 25.4 Å². The van der Waals surface area contributed by atoms with Gasteiger partial charge in [-0.1, -0.05) is 12.1 Å². The maximum absolute atomic E-state index is 12.0. The Labute approximate surface area is 117 Å². The van der Waals surface area contributed by atoms with Gasteiger partial charge in [0.25, 0.3) is 0 Å². The van der Waals surface area contributed by atoms with Crippen LogP contribution in [0.1, 0.15) is 30.1 Å². The Hall–Kier alpha value is -1.88. The average Bonchev–Trinajstić information content (AvgIpc) is 3.19. The van der Waals surface area contributed by atoms with Crippen LogP contribution in [0, 0.1) is 5.92 Å². The summed E-state index contributed by atoms with van der Waals surface area (Å²) in [5.41, 5.74) is 0.504. The first kappa shape index (κ1) is 13.1. The SMILES string of the molecule is CC(=O)c1cccc(NC(=O)N2CC(O)(C3CC3)C2)c1. The summed E-state index contributed by atoms with van der Waals surface area (Å²) in [6, 6.07) is 6.64. The van der Waals surface area contributed by atoms with E-state index in [-0.39, 0.29) is 11.8 Å². The van der Waals surface area contributed by atoms with E-state index in [1.165, 1.54) is 6.92 Å². The van der Waals surface area contributed by atoms with Gasteiger partial charge in [-0.2, -0.15) is 0 Å². The van der Waals surface area contributed by atoms with Gasteiger partial charge in [-0.25, -0.2) is 4.79 Å². The van der Waals surface area contributed by atoms with Crippen LogP contribution in [0.5, 0.6) is 0 Å². The summed E-state index contributed by atoms with van der Waals surface area (Å²) < 4.78 is 0. The molecule has 0 bridgehead atoms. The highest BCUT2D eigenvalue weighted by Crippen LogP contribution is 2.44. The number of amides is 2. The number of rotatable bonds is 3. The molecule has 1 aromatic carbocycles. The minimum Gasteiger partial charge on any atom is -0.386 e. The molecule has 0 aromatic heterocycles. The van der Waals surface area contributed by atoms with E-state index in [0.717, 1.165) is 12.8 Å². The monoisotopic (exact) mass is 274 g/mol. The fourth-order valence-electron chi connectivity index (χ4n) is 2.66. The summed E-state index contributed by atoms with van der Waals surface area (Å²) in [6.45, 7) is 2.29. The molecule has 1 aliphatic carbocycles. The molecule has 0 radical (unpaired) electrons. The van der Waals surface area contributed by atoms with E-state index < -0.39 is 5.60 Å². The van der Waals surface area contributed by atoms with Gasteiger partial charge in [0.05, 0.1) is 13.1 Å². The molecule has 0 atom stereocenters. The summed E-state index contributed by atoms with van der Waals surface area (Å²) in [5.74, 6) is 0.334. The van der Waals surface area contributed by atoms with Crippen molar-refractivity contribution in [2.24, 2.45) is 5.92 Å². The summed E-state index contributed by atoms with van der Waals surface area (Å²) >= 11 is 0. The maximum atomic E-state index is 12.0. The number of benzene rings is 1. The first-order chi connectivity index (χ1) is 9.48. The van der Waals surface area contributed by atoms with Crippen molar-refractivity contribution in [3.05, 3.63) is 29.8 Å². The van der Waals surface area contributed by atoms with E-state index in [4.69, 9.17) is 0 Å². The molecule has 5 heteroatoms. The van der Waals surface area contributed by atoms with Gasteiger partial charge < -0.3 is 15.3 Å². The van der Waals surface area contributed by atoms with E-state index >= 15 is 0 Å². The number of carbonyl (C=O) groups excluding carboxylic acids is 2. The van der Waals surface area contributed by atoms with E-state index in [1.54, 1.807) is 29.2 Å². The van der Waals surface area contributed by atoms with Crippen molar-refractivity contribution < 1.29 is 14.7 Å². The van der Waals surface area contributed by atoms with Crippen LogP contribution in [0.2, 0.25) is 0 Å². The summed E-state index contributed by atoms with van der Waals surface area (Å²) in [7, 11) is 0. The number of anilines is 1. The van der Waals surface area contributed by atoms with Crippen LogP contribution in [-0.2, 0) is 0 Å². The zero-order valence-corrected chi connectivity index (χ0v) is 11.4. The average molecular weight is 274 g/mol. The van der Waals surface area contributed by atoms with Gasteiger partial charge in [0, 0.05) is 11.3 Å². The van der Waals surface area contributed by atoms with Crippen LogP contribution in [0.25, 0.3) is 0 Å². The van der Waals surface area contributed by atoms with Gasteiger partial charge >= 0.3 is 6.03 Å². The summed E-state index contributed by atoms with van der Waals surface area (Å²) in [5, 5.41) is 12.9. The normalized spacial score (nSPS) is 20.2.